The Balaban J connectivity index is 1.93. The minimum absolute atomic E-state index is 0.192. The Morgan fingerprint density at radius 2 is 2.05 bits per heavy atom. The first-order valence-electron chi connectivity index (χ1n) is 5.64. The first kappa shape index (κ1) is 14.0. The summed E-state index contributed by atoms with van der Waals surface area (Å²) in [5, 5.41) is 3.25. The summed E-state index contributed by atoms with van der Waals surface area (Å²) >= 11 is 9.30. The third-order valence-corrected chi connectivity index (χ3v) is 3.31. The van der Waals surface area contributed by atoms with E-state index in [2.05, 4.69) is 31.2 Å². The number of hydrogen-bond acceptors (Lipinski definition) is 3. The summed E-state index contributed by atoms with van der Waals surface area (Å²) < 4.78 is 0.818. The number of carbonyl (C=O) groups is 1. The number of aromatic nitrogens is 2. The van der Waals surface area contributed by atoms with Crippen LogP contribution in [0.1, 0.15) is 15.9 Å². The zero-order valence-corrected chi connectivity index (χ0v) is 12.3. The molecule has 0 aliphatic rings. The Morgan fingerprint density at radius 3 is 2.79 bits per heavy atom. The summed E-state index contributed by atoms with van der Waals surface area (Å²) in [7, 11) is 0. The van der Waals surface area contributed by atoms with Gasteiger partial charge in [0.25, 0.3) is 5.91 Å². The van der Waals surface area contributed by atoms with Crippen LogP contribution in [0.4, 0.5) is 0 Å². The molecular weight excluding hydrogens is 330 g/mol. The minimum atomic E-state index is -0.192. The lowest BCUT2D eigenvalue weighted by Gasteiger charge is -2.07. The van der Waals surface area contributed by atoms with Crippen LogP contribution in [-0.4, -0.2) is 22.4 Å². The van der Waals surface area contributed by atoms with Crippen LogP contribution in [0.3, 0.4) is 0 Å². The van der Waals surface area contributed by atoms with Crippen LogP contribution in [0.15, 0.2) is 41.4 Å². The fraction of sp³-hybridized carbons (Fsp3) is 0.154. The van der Waals surface area contributed by atoms with Crippen molar-refractivity contribution in [1.82, 2.24) is 15.3 Å². The van der Waals surface area contributed by atoms with Crippen molar-refractivity contribution in [3.63, 3.8) is 0 Å². The number of nitrogens with one attached hydrogen (secondary N) is 1. The molecule has 6 heteroatoms. The van der Waals surface area contributed by atoms with Gasteiger partial charge in [0.2, 0.25) is 0 Å². The molecule has 2 rings (SSSR count). The summed E-state index contributed by atoms with van der Waals surface area (Å²) in [6, 6.07) is 5.18. The van der Waals surface area contributed by atoms with E-state index in [-0.39, 0.29) is 5.91 Å². The van der Waals surface area contributed by atoms with E-state index in [1.54, 1.807) is 30.6 Å². The van der Waals surface area contributed by atoms with Gasteiger partial charge in [0.15, 0.2) is 0 Å². The van der Waals surface area contributed by atoms with Crippen LogP contribution in [-0.2, 0) is 6.42 Å². The molecule has 0 fully saturated rings. The lowest BCUT2D eigenvalue weighted by molar-refractivity contribution is 0.0954. The Labute approximate surface area is 124 Å². The van der Waals surface area contributed by atoms with Gasteiger partial charge in [-0.3, -0.25) is 4.79 Å². The molecule has 19 heavy (non-hydrogen) atoms. The van der Waals surface area contributed by atoms with Crippen molar-refractivity contribution in [2.45, 2.75) is 6.42 Å². The fourth-order valence-electron chi connectivity index (χ4n) is 1.55. The maximum absolute atomic E-state index is 12.0. The first-order valence-corrected chi connectivity index (χ1v) is 6.81. The van der Waals surface area contributed by atoms with Gasteiger partial charge < -0.3 is 5.32 Å². The second-order valence-electron chi connectivity index (χ2n) is 3.88. The maximum Gasteiger partial charge on any atom is 0.252 e. The van der Waals surface area contributed by atoms with Crippen molar-refractivity contribution in [2.75, 3.05) is 6.54 Å². The van der Waals surface area contributed by atoms with Gasteiger partial charge in [-0.1, -0.05) is 27.5 Å². The highest BCUT2D eigenvalue weighted by Gasteiger charge is 2.10. The fourth-order valence-corrected chi connectivity index (χ4v) is 2.11. The molecule has 0 unspecified atom stereocenters. The van der Waals surface area contributed by atoms with Crippen LogP contribution < -0.4 is 5.32 Å². The summed E-state index contributed by atoms with van der Waals surface area (Å²) in [6.07, 6.45) is 5.61. The normalized spacial score (nSPS) is 10.2. The Kier molecular flexibility index (Phi) is 4.87. The van der Waals surface area contributed by atoms with Crippen LogP contribution in [0, 0.1) is 0 Å². The van der Waals surface area contributed by atoms with Crippen molar-refractivity contribution >= 4 is 33.4 Å². The van der Waals surface area contributed by atoms with E-state index < -0.39 is 0 Å². The Morgan fingerprint density at radius 1 is 1.32 bits per heavy atom. The van der Waals surface area contributed by atoms with Gasteiger partial charge >= 0.3 is 0 Å². The summed E-state index contributed by atoms with van der Waals surface area (Å²) in [6.45, 7) is 0.509. The molecular formula is C13H11BrClN3O. The molecule has 0 radical (unpaired) electrons. The molecule has 0 spiro atoms. The Hall–Kier alpha value is -1.46. The van der Waals surface area contributed by atoms with Crippen molar-refractivity contribution in [2.24, 2.45) is 0 Å². The largest absolute Gasteiger partial charge is 0.352 e. The average Bonchev–Trinajstić information content (AvgIpc) is 2.42. The number of benzene rings is 1. The lowest BCUT2D eigenvalue weighted by Crippen LogP contribution is -2.26. The van der Waals surface area contributed by atoms with Crippen molar-refractivity contribution < 1.29 is 4.79 Å². The third kappa shape index (κ3) is 4.01. The van der Waals surface area contributed by atoms with Crippen LogP contribution >= 0.6 is 27.5 Å². The second-order valence-corrected chi connectivity index (χ2v) is 5.20. The van der Waals surface area contributed by atoms with E-state index in [1.165, 1.54) is 6.33 Å². The molecule has 98 valence electrons. The van der Waals surface area contributed by atoms with E-state index in [9.17, 15) is 4.79 Å². The van der Waals surface area contributed by atoms with Crippen LogP contribution in [0.2, 0.25) is 5.02 Å². The molecule has 1 N–H and O–H groups in total. The first-order chi connectivity index (χ1) is 9.16. The van der Waals surface area contributed by atoms with E-state index in [1.807, 2.05) is 0 Å². The summed E-state index contributed by atoms with van der Waals surface area (Å²) in [5.74, 6) is -0.192. The number of carbonyl (C=O) groups excluding carboxylic acids is 1. The van der Waals surface area contributed by atoms with Gasteiger partial charge in [0.05, 0.1) is 10.6 Å². The smallest absolute Gasteiger partial charge is 0.252 e. The maximum atomic E-state index is 12.0. The number of halogens is 2. The van der Waals surface area contributed by atoms with Gasteiger partial charge in [-0.15, -0.1) is 0 Å². The molecule has 0 aliphatic heterocycles. The predicted octanol–water partition coefficient (Wildman–Crippen LogP) is 2.87. The average molecular weight is 341 g/mol. The number of hydrogen-bond donors (Lipinski definition) is 1. The highest BCUT2D eigenvalue weighted by molar-refractivity contribution is 9.10. The highest BCUT2D eigenvalue weighted by Crippen LogP contribution is 2.20. The molecule has 1 aromatic carbocycles. The summed E-state index contributed by atoms with van der Waals surface area (Å²) in [5.41, 5.74) is 1.43. The molecule has 0 aliphatic carbocycles. The predicted molar refractivity (Wildman–Crippen MR) is 77.2 cm³/mol. The van der Waals surface area contributed by atoms with Gasteiger partial charge in [-0.05, 0) is 30.2 Å². The highest BCUT2D eigenvalue weighted by atomic mass is 79.9. The van der Waals surface area contributed by atoms with Crippen molar-refractivity contribution in [3.8, 4) is 0 Å². The Bertz CT molecular complexity index is 577. The number of rotatable bonds is 4. The topological polar surface area (TPSA) is 54.9 Å². The zero-order chi connectivity index (χ0) is 13.7. The number of nitrogens with zero attached hydrogens (tertiary/aromatic N) is 2. The van der Waals surface area contributed by atoms with E-state index >= 15 is 0 Å². The van der Waals surface area contributed by atoms with Gasteiger partial charge in [-0.25, -0.2) is 9.97 Å². The van der Waals surface area contributed by atoms with Crippen molar-refractivity contribution in [3.05, 3.63) is 57.5 Å². The minimum Gasteiger partial charge on any atom is -0.352 e. The lowest BCUT2D eigenvalue weighted by atomic mass is 10.2. The molecule has 1 amide bonds. The quantitative estimate of drug-likeness (QED) is 0.931. The molecule has 1 heterocycles. The third-order valence-electron chi connectivity index (χ3n) is 2.49. The molecule has 0 saturated heterocycles. The summed E-state index contributed by atoms with van der Waals surface area (Å²) in [4.78, 5) is 19.8. The van der Waals surface area contributed by atoms with E-state index in [4.69, 9.17) is 11.6 Å². The standard InChI is InChI=1S/C13H11BrClN3O/c14-10-1-2-12(15)11(5-10)13(19)18-4-3-9-6-16-8-17-7-9/h1-2,5-8H,3-4H2,(H,18,19). The zero-order valence-electron chi connectivity index (χ0n) is 9.94. The van der Waals surface area contributed by atoms with Gasteiger partial charge in [0, 0.05) is 23.4 Å². The van der Waals surface area contributed by atoms with Gasteiger partial charge in [0.1, 0.15) is 6.33 Å². The second kappa shape index (κ2) is 6.63. The van der Waals surface area contributed by atoms with E-state index in [0.29, 0.717) is 23.6 Å². The molecule has 0 saturated carbocycles. The van der Waals surface area contributed by atoms with Crippen LogP contribution in [0.5, 0.6) is 0 Å². The SMILES string of the molecule is O=C(NCCc1cncnc1)c1cc(Br)ccc1Cl. The molecule has 0 bridgehead atoms. The number of amides is 1. The molecule has 0 atom stereocenters. The van der Waals surface area contributed by atoms with Crippen molar-refractivity contribution in [1.29, 1.82) is 0 Å². The molecule has 1 aromatic heterocycles. The van der Waals surface area contributed by atoms with Gasteiger partial charge in [-0.2, -0.15) is 0 Å². The van der Waals surface area contributed by atoms with E-state index in [0.717, 1.165) is 10.0 Å². The molecule has 2 aromatic rings. The van der Waals surface area contributed by atoms with Crippen LogP contribution in [0.25, 0.3) is 0 Å². The monoisotopic (exact) mass is 339 g/mol. The molecule has 4 nitrogen and oxygen atoms in total.